The molecule has 1 atom stereocenters. The van der Waals surface area contributed by atoms with Crippen molar-refractivity contribution >= 4 is 24.0 Å². The standard InChI is InChI=1S/C14H29O4PS/c1-7-17-19(16,18-8-2)20-11-13(15)10-9-12(3)14(4,5)6/h12H,7-11H2,1-6H3. The zero-order chi connectivity index (χ0) is 15.8. The molecule has 120 valence electrons. The van der Waals surface area contributed by atoms with E-state index < -0.39 is 6.80 Å². The Morgan fingerprint density at radius 2 is 1.70 bits per heavy atom. The number of rotatable bonds is 10. The predicted octanol–water partition coefficient (Wildman–Crippen LogP) is 4.93. The first kappa shape index (κ1) is 20.2. The van der Waals surface area contributed by atoms with Crippen molar-refractivity contribution in [1.82, 2.24) is 0 Å². The highest BCUT2D eigenvalue weighted by atomic mass is 32.7. The van der Waals surface area contributed by atoms with Gasteiger partial charge in [0.25, 0.3) is 0 Å². The normalized spacial score (nSPS) is 14.3. The monoisotopic (exact) mass is 324 g/mol. The minimum atomic E-state index is -3.16. The van der Waals surface area contributed by atoms with E-state index in [1.54, 1.807) is 13.8 Å². The molecule has 0 heterocycles. The molecule has 0 aromatic rings. The summed E-state index contributed by atoms with van der Waals surface area (Å²) in [6.07, 6.45) is 1.38. The Hall–Kier alpha value is 0.170. The van der Waals surface area contributed by atoms with Gasteiger partial charge in [-0.1, -0.05) is 27.7 Å². The van der Waals surface area contributed by atoms with Crippen LogP contribution >= 0.6 is 18.2 Å². The highest BCUT2D eigenvalue weighted by Crippen LogP contribution is 2.60. The predicted molar refractivity (Wildman–Crippen MR) is 86.2 cm³/mol. The molecule has 0 aromatic heterocycles. The van der Waals surface area contributed by atoms with E-state index >= 15 is 0 Å². The van der Waals surface area contributed by atoms with Gasteiger partial charge >= 0.3 is 6.80 Å². The number of ketones is 1. The molecule has 0 rings (SSSR count). The highest BCUT2D eigenvalue weighted by molar-refractivity contribution is 8.55. The van der Waals surface area contributed by atoms with Crippen molar-refractivity contribution in [2.24, 2.45) is 11.3 Å². The Kier molecular flexibility index (Phi) is 9.32. The van der Waals surface area contributed by atoms with Gasteiger partial charge in [-0.15, -0.1) is 0 Å². The molecule has 0 fully saturated rings. The molecule has 0 aromatic carbocycles. The minimum absolute atomic E-state index is 0.103. The van der Waals surface area contributed by atoms with Crippen LogP contribution in [0.4, 0.5) is 0 Å². The van der Waals surface area contributed by atoms with E-state index in [0.717, 1.165) is 17.8 Å². The molecular formula is C14H29O4PS. The van der Waals surface area contributed by atoms with Crippen molar-refractivity contribution in [3.05, 3.63) is 0 Å². The molecule has 0 saturated heterocycles. The molecule has 20 heavy (non-hydrogen) atoms. The lowest BCUT2D eigenvalue weighted by Crippen LogP contribution is -2.18. The maximum atomic E-state index is 12.2. The van der Waals surface area contributed by atoms with E-state index in [1.165, 1.54) is 0 Å². The smallest absolute Gasteiger partial charge is 0.301 e. The first-order chi connectivity index (χ1) is 9.14. The van der Waals surface area contributed by atoms with Crippen LogP contribution in [-0.2, 0) is 18.4 Å². The van der Waals surface area contributed by atoms with Gasteiger partial charge in [0.2, 0.25) is 0 Å². The van der Waals surface area contributed by atoms with Gasteiger partial charge in [-0.05, 0) is 43.0 Å². The van der Waals surface area contributed by atoms with Gasteiger partial charge in [0.15, 0.2) is 0 Å². The third-order valence-electron chi connectivity index (χ3n) is 3.29. The van der Waals surface area contributed by atoms with Crippen LogP contribution in [0.5, 0.6) is 0 Å². The molecule has 0 bridgehead atoms. The molecule has 0 spiro atoms. The number of carbonyl (C=O) groups excluding carboxylic acids is 1. The fourth-order valence-electron chi connectivity index (χ4n) is 1.46. The van der Waals surface area contributed by atoms with Gasteiger partial charge < -0.3 is 9.05 Å². The zero-order valence-corrected chi connectivity index (χ0v) is 15.3. The Labute approximate surface area is 127 Å². The second kappa shape index (κ2) is 9.24. The van der Waals surface area contributed by atoms with Crippen LogP contribution in [0.2, 0.25) is 0 Å². The van der Waals surface area contributed by atoms with E-state index in [9.17, 15) is 9.36 Å². The van der Waals surface area contributed by atoms with E-state index in [4.69, 9.17) is 9.05 Å². The largest absolute Gasteiger partial charge is 0.389 e. The van der Waals surface area contributed by atoms with Crippen LogP contribution in [0, 0.1) is 11.3 Å². The molecule has 0 aliphatic carbocycles. The molecule has 1 unspecified atom stereocenters. The van der Waals surface area contributed by atoms with Crippen molar-refractivity contribution < 1.29 is 18.4 Å². The Balaban J connectivity index is 4.18. The van der Waals surface area contributed by atoms with Crippen molar-refractivity contribution in [3.63, 3.8) is 0 Å². The van der Waals surface area contributed by atoms with Gasteiger partial charge in [0.1, 0.15) is 5.78 Å². The third-order valence-corrected chi connectivity index (χ3v) is 7.18. The first-order valence-corrected chi connectivity index (χ1v) is 10.3. The summed E-state index contributed by atoms with van der Waals surface area (Å²) in [6.45, 7) is 9.69. The minimum Gasteiger partial charge on any atom is -0.301 e. The summed E-state index contributed by atoms with van der Waals surface area (Å²) in [5.74, 6) is 0.765. The van der Waals surface area contributed by atoms with Gasteiger partial charge in [-0.25, -0.2) is 4.57 Å². The fourth-order valence-corrected chi connectivity index (χ4v) is 4.75. The van der Waals surface area contributed by atoms with E-state index in [2.05, 4.69) is 27.7 Å². The number of carbonyl (C=O) groups is 1. The Bertz CT molecular complexity index is 329. The molecule has 0 radical (unpaired) electrons. The number of hydrogen-bond donors (Lipinski definition) is 0. The van der Waals surface area contributed by atoms with Crippen LogP contribution in [0.15, 0.2) is 0 Å². The molecule has 0 saturated carbocycles. The van der Waals surface area contributed by atoms with Crippen molar-refractivity contribution in [1.29, 1.82) is 0 Å². The van der Waals surface area contributed by atoms with Crippen molar-refractivity contribution in [2.75, 3.05) is 19.0 Å². The van der Waals surface area contributed by atoms with Crippen molar-refractivity contribution in [3.8, 4) is 0 Å². The van der Waals surface area contributed by atoms with E-state index in [0.29, 0.717) is 25.6 Å². The summed E-state index contributed by atoms with van der Waals surface area (Å²) in [4.78, 5) is 11.9. The van der Waals surface area contributed by atoms with Crippen LogP contribution in [0.25, 0.3) is 0 Å². The molecular weight excluding hydrogens is 295 g/mol. The molecule has 4 nitrogen and oxygen atoms in total. The molecule has 0 aliphatic rings. The van der Waals surface area contributed by atoms with Crippen LogP contribution in [0.3, 0.4) is 0 Å². The lowest BCUT2D eigenvalue weighted by atomic mass is 9.79. The number of Topliss-reactive ketones (excluding diaryl/α,β-unsaturated/α-hetero) is 1. The third kappa shape index (κ3) is 8.46. The summed E-state index contributed by atoms with van der Waals surface area (Å²) in [5.41, 5.74) is 0.208. The van der Waals surface area contributed by atoms with Gasteiger partial charge in [-0.2, -0.15) is 0 Å². The van der Waals surface area contributed by atoms with E-state index in [-0.39, 0.29) is 17.0 Å². The van der Waals surface area contributed by atoms with Crippen LogP contribution in [-0.4, -0.2) is 24.7 Å². The quantitative estimate of drug-likeness (QED) is 0.533. The molecule has 0 amide bonds. The number of hydrogen-bond acceptors (Lipinski definition) is 5. The maximum Gasteiger partial charge on any atom is 0.389 e. The molecule has 0 aliphatic heterocycles. The summed E-state index contributed by atoms with van der Waals surface area (Å²) < 4.78 is 22.5. The maximum absolute atomic E-state index is 12.2. The second-order valence-corrected chi connectivity index (χ2v) is 9.97. The summed E-state index contributed by atoms with van der Waals surface area (Å²) in [5, 5.41) is 0. The van der Waals surface area contributed by atoms with Crippen molar-refractivity contribution in [2.45, 2.75) is 54.4 Å². The van der Waals surface area contributed by atoms with Gasteiger partial charge in [0.05, 0.1) is 19.0 Å². The summed E-state index contributed by atoms with van der Waals surface area (Å²) in [6, 6.07) is 0. The average molecular weight is 324 g/mol. The van der Waals surface area contributed by atoms with Gasteiger partial charge in [0, 0.05) is 6.42 Å². The first-order valence-electron chi connectivity index (χ1n) is 7.20. The fraction of sp³-hybridized carbons (Fsp3) is 0.929. The Morgan fingerprint density at radius 3 is 2.10 bits per heavy atom. The topological polar surface area (TPSA) is 52.6 Å². The second-order valence-electron chi connectivity index (χ2n) is 5.90. The average Bonchev–Trinajstić information content (AvgIpc) is 2.33. The van der Waals surface area contributed by atoms with Crippen LogP contribution in [0.1, 0.15) is 54.4 Å². The molecule has 6 heteroatoms. The SMILES string of the molecule is CCOP(=O)(OCC)SCC(=O)CCC(C)C(C)(C)C. The molecule has 0 N–H and O–H groups in total. The van der Waals surface area contributed by atoms with E-state index in [1.807, 2.05) is 0 Å². The summed E-state index contributed by atoms with van der Waals surface area (Å²) in [7, 11) is 0. The highest BCUT2D eigenvalue weighted by Gasteiger charge is 2.26. The Morgan fingerprint density at radius 1 is 1.20 bits per heavy atom. The lowest BCUT2D eigenvalue weighted by molar-refractivity contribution is -0.117. The zero-order valence-electron chi connectivity index (χ0n) is 13.6. The van der Waals surface area contributed by atoms with Gasteiger partial charge in [-0.3, -0.25) is 4.79 Å². The summed E-state index contributed by atoms with van der Waals surface area (Å²) >= 11 is 1.00. The lowest BCUT2D eigenvalue weighted by Gasteiger charge is -2.26. The van der Waals surface area contributed by atoms with Crippen LogP contribution < -0.4 is 0 Å².